The van der Waals surface area contributed by atoms with Crippen LogP contribution in [-0.4, -0.2) is 18.0 Å². The molecular weight excluding hydrogens is 288 g/mol. The maximum Gasteiger partial charge on any atom is 0.224 e. The van der Waals surface area contributed by atoms with E-state index in [2.05, 4.69) is 5.32 Å². The van der Waals surface area contributed by atoms with Crippen LogP contribution in [0.2, 0.25) is 0 Å². The maximum absolute atomic E-state index is 11.9. The van der Waals surface area contributed by atoms with Crippen molar-refractivity contribution < 1.29 is 13.9 Å². The number of nitrogens with two attached hydrogens (primary N) is 1. The number of carbonyl (C=O) groups excluding carboxylic acids is 1. The van der Waals surface area contributed by atoms with Gasteiger partial charge in [0.15, 0.2) is 0 Å². The number of methoxy groups -OCH3 is 1. The lowest BCUT2D eigenvalue weighted by Crippen LogP contribution is -2.14. The quantitative estimate of drug-likeness (QED) is 0.802. The van der Waals surface area contributed by atoms with Crippen LogP contribution in [0, 0.1) is 0 Å². The molecule has 0 aliphatic carbocycles. The molecule has 6 heteroatoms. The molecule has 1 aromatic carbocycles. The molecule has 0 unspecified atom stereocenters. The van der Waals surface area contributed by atoms with E-state index in [1.54, 1.807) is 30.5 Å². The largest absolute Gasteiger partial charge is 0.495 e. The number of amides is 1. The summed E-state index contributed by atoms with van der Waals surface area (Å²) in [6.45, 7) is 0. The van der Waals surface area contributed by atoms with Gasteiger partial charge in [0.25, 0.3) is 0 Å². The van der Waals surface area contributed by atoms with E-state index in [9.17, 15) is 4.79 Å². The van der Waals surface area contributed by atoms with Gasteiger partial charge in [-0.2, -0.15) is 0 Å². The third-order valence-electron chi connectivity index (χ3n) is 2.94. The second kappa shape index (κ2) is 6.90. The summed E-state index contributed by atoms with van der Waals surface area (Å²) in [5.74, 6) is 1.18. The number of hydrogen-bond donors (Lipinski definition) is 2. The number of carbonyl (C=O) groups is 1. The molecule has 0 aliphatic rings. The Morgan fingerprint density at radius 2 is 2.24 bits per heavy atom. The van der Waals surface area contributed by atoms with Crippen molar-refractivity contribution in [2.45, 2.75) is 12.8 Å². The number of anilines is 1. The van der Waals surface area contributed by atoms with Gasteiger partial charge in [0, 0.05) is 18.4 Å². The third-order valence-corrected chi connectivity index (χ3v) is 3.17. The van der Waals surface area contributed by atoms with Crippen LogP contribution in [0.4, 0.5) is 5.69 Å². The predicted octanol–water partition coefficient (Wildman–Crippen LogP) is 2.49. The summed E-state index contributed by atoms with van der Waals surface area (Å²) in [4.78, 5) is 12.2. The highest BCUT2D eigenvalue weighted by Crippen LogP contribution is 2.25. The zero-order chi connectivity index (χ0) is 15.2. The molecule has 21 heavy (non-hydrogen) atoms. The first-order valence-corrected chi connectivity index (χ1v) is 6.81. The van der Waals surface area contributed by atoms with Gasteiger partial charge in [-0.3, -0.25) is 4.79 Å². The molecule has 0 atom stereocenters. The van der Waals surface area contributed by atoms with Gasteiger partial charge in [-0.05, 0) is 30.3 Å². The van der Waals surface area contributed by atoms with E-state index in [1.807, 2.05) is 6.07 Å². The molecule has 2 aromatic rings. The van der Waals surface area contributed by atoms with Crippen LogP contribution in [0.5, 0.6) is 5.75 Å². The number of thiocarbonyl (C=S) groups is 1. The van der Waals surface area contributed by atoms with Gasteiger partial charge in [0.05, 0.1) is 19.1 Å². The first-order chi connectivity index (χ1) is 10.1. The number of aryl methyl sites for hydroxylation is 1. The second-order valence-electron chi connectivity index (χ2n) is 4.41. The van der Waals surface area contributed by atoms with Crippen LogP contribution in [0.3, 0.4) is 0 Å². The fourth-order valence-electron chi connectivity index (χ4n) is 1.85. The van der Waals surface area contributed by atoms with E-state index >= 15 is 0 Å². The first-order valence-electron chi connectivity index (χ1n) is 6.40. The Kier molecular flexibility index (Phi) is 4.94. The summed E-state index contributed by atoms with van der Waals surface area (Å²) in [5.41, 5.74) is 6.84. The van der Waals surface area contributed by atoms with Gasteiger partial charge >= 0.3 is 0 Å². The Bertz CT molecular complexity index is 638. The molecule has 0 saturated carbocycles. The molecule has 5 nitrogen and oxygen atoms in total. The van der Waals surface area contributed by atoms with Gasteiger partial charge < -0.3 is 20.2 Å². The Labute approximate surface area is 128 Å². The summed E-state index contributed by atoms with van der Waals surface area (Å²) < 4.78 is 10.4. The topological polar surface area (TPSA) is 77.5 Å². The number of hydrogen-bond acceptors (Lipinski definition) is 4. The standard InChI is InChI=1S/C15H16N2O3S/c1-19-13-9-10(15(16)21)4-6-12(13)17-14(18)7-5-11-3-2-8-20-11/h2-4,6,8-9H,5,7H2,1H3,(H2,16,21)(H,17,18). The molecule has 1 amide bonds. The van der Waals surface area contributed by atoms with Crippen LogP contribution < -0.4 is 15.8 Å². The normalized spacial score (nSPS) is 10.1. The molecule has 0 bridgehead atoms. The van der Waals surface area contributed by atoms with Crippen molar-refractivity contribution in [2.75, 3.05) is 12.4 Å². The molecule has 110 valence electrons. The summed E-state index contributed by atoms with van der Waals surface area (Å²) in [5, 5.41) is 2.80. The minimum absolute atomic E-state index is 0.118. The fraction of sp³-hybridized carbons (Fsp3) is 0.200. The molecule has 1 aromatic heterocycles. The maximum atomic E-state index is 11.9. The molecule has 0 radical (unpaired) electrons. The number of benzene rings is 1. The lowest BCUT2D eigenvalue weighted by molar-refractivity contribution is -0.116. The molecule has 3 N–H and O–H groups in total. The molecular formula is C15H16N2O3S. The molecule has 2 rings (SSSR count). The van der Waals surface area contributed by atoms with Crippen LogP contribution in [0.1, 0.15) is 17.7 Å². The highest BCUT2D eigenvalue weighted by molar-refractivity contribution is 7.80. The van der Waals surface area contributed by atoms with Crippen LogP contribution in [0.25, 0.3) is 0 Å². The highest BCUT2D eigenvalue weighted by Gasteiger charge is 2.10. The Morgan fingerprint density at radius 3 is 2.86 bits per heavy atom. The molecule has 1 heterocycles. The summed E-state index contributed by atoms with van der Waals surface area (Å²) >= 11 is 4.91. The Hall–Kier alpha value is -2.34. The number of rotatable bonds is 6. The van der Waals surface area contributed by atoms with Crippen molar-refractivity contribution in [3.05, 3.63) is 47.9 Å². The predicted molar refractivity (Wildman–Crippen MR) is 84.5 cm³/mol. The van der Waals surface area contributed by atoms with E-state index in [1.165, 1.54) is 7.11 Å². The van der Waals surface area contributed by atoms with Gasteiger partial charge in [-0.25, -0.2) is 0 Å². The number of nitrogens with one attached hydrogen (secondary N) is 1. The monoisotopic (exact) mass is 304 g/mol. The van der Waals surface area contributed by atoms with Crippen molar-refractivity contribution in [1.29, 1.82) is 0 Å². The van der Waals surface area contributed by atoms with Crippen molar-refractivity contribution >= 4 is 28.8 Å². The molecule has 0 spiro atoms. The lowest BCUT2D eigenvalue weighted by atomic mass is 10.1. The van der Waals surface area contributed by atoms with Crippen LogP contribution >= 0.6 is 12.2 Å². The second-order valence-corrected chi connectivity index (χ2v) is 4.85. The smallest absolute Gasteiger partial charge is 0.224 e. The van der Waals surface area contributed by atoms with E-state index in [0.29, 0.717) is 29.8 Å². The minimum atomic E-state index is -0.118. The van der Waals surface area contributed by atoms with Crippen molar-refractivity contribution in [3.8, 4) is 5.75 Å². The zero-order valence-electron chi connectivity index (χ0n) is 11.6. The average Bonchev–Trinajstić information content (AvgIpc) is 2.98. The van der Waals surface area contributed by atoms with Crippen molar-refractivity contribution in [3.63, 3.8) is 0 Å². The van der Waals surface area contributed by atoms with Crippen molar-refractivity contribution in [2.24, 2.45) is 5.73 Å². The average molecular weight is 304 g/mol. The van der Waals surface area contributed by atoms with E-state index in [4.69, 9.17) is 27.1 Å². The molecule has 0 aliphatic heterocycles. The van der Waals surface area contributed by atoms with Crippen LogP contribution in [0.15, 0.2) is 41.0 Å². The van der Waals surface area contributed by atoms with Gasteiger partial charge in [0.1, 0.15) is 16.5 Å². The van der Waals surface area contributed by atoms with E-state index in [0.717, 1.165) is 5.76 Å². The summed E-state index contributed by atoms with van der Waals surface area (Å²) in [6, 6.07) is 8.80. The summed E-state index contributed by atoms with van der Waals surface area (Å²) in [7, 11) is 1.52. The van der Waals surface area contributed by atoms with E-state index < -0.39 is 0 Å². The molecule has 0 saturated heterocycles. The number of ether oxygens (including phenoxy) is 1. The molecule has 0 fully saturated rings. The number of furan rings is 1. The van der Waals surface area contributed by atoms with Gasteiger partial charge in [0.2, 0.25) is 5.91 Å². The van der Waals surface area contributed by atoms with Gasteiger partial charge in [-0.1, -0.05) is 12.2 Å². The third kappa shape index (κ3) is 4.06. The zero-order valence-corrected chi connectivity index (χ0v) is 12.4. The minimum Gasteiger partial charge on any atom is -0.495 e. The Morgan fingerprint density at radius 1 is 1.43 bits per heavy atom. The lowest BCUT2D eigenvalue weighted by Gasteiger charge is -2.11. The van der Waals surface area contributed by atoms with Gasteiger partial charge in [-0.15, -0.1) is 0 Å². The first kappa shape index (κ1) is 15.1. The SMILES string of the molecule is COc1cc(C(N)=S)ccc1NC(=O)CCc1ccco1. The summed E-state index contributed by atoms with van der Waals surface area (Å²) in [6.07, 6.45) is 2.46. The van der Waals surface area contributed by atoms with Crippen LogP contribution in [-0.2, 0) is 11.2 Å². The Balaban J connectivity index is 2.01. The fourth-order valence-corrected chi connectivity index (χ4v) is 1.98. The highest BCUT2D eigenvalue weighted by atomic mass is 32.1. The van der Waals surface area contributed by atoms with Crippen molar-refractivity contribution in [1.82, 2.24) is 0 Å². The van der Waals surface area contributed by atoms with E-state index in [-0.39, 0.29) is 10.9 Å².